The summed E-state index contributed by atoms with van der Waals surface area (Å²) in [7, 11) is 1.42. The second-order valence-corrected chi connectivity index (χ2v) is 13.8. The molecule has 0 spiro atoms. The summed E-state index contributed by atoms with van der Waals surface area (Å²) in [6, 6.07) is 15.8. The van der Waals surface area contributed by atoms with Gasteiger partial charge in [0, 0.05) is 15.1 Å². The molecule has 2 aliphatic heterocycles. The zero-order chi connectivity index (χ0) is 31.9. The average molecular weight is 741 g/mol. The van der Waals surface area contributed by atoms with Crippen LogP contribution in [0.2, 0.25) is 5.02 Å². The van der Waals surface area contributed by atoms with Crippen molar-refractivity contribution in [3.05, 3.63) is 92.3 Å². The molecular weight excluding hydrogens is 714 g/mol. The van der Waals surface area contributed by atoms with Crippen molar-refractivity contribution in [3.8, 4) is 11.5 Å². The van der Waals surface area contributed by atoms with Gasteiger partial charge in [-0.1, -0.05) is 35.4 Å². The van der Waals surface area contributed by atoms with E-state index in [1.165, 1.54) is 24.1 Å². The predicted molar refractivity (Wildman–Crippen MR) is 172 cm³/mol. The van der Waals surface area contributed by atoms with Crippen LogP contribution in [0.3, 0.4) is 0 Å². The van der Waals surface area contributed by atoms with Crippen molar-refractivity contribution < 1.29 is 33.4 Å². The normalized spacial score (nSPS) is 29.0. The second-order valence-electron chi connectivity index (χ2n) is 12.1. The Morgan fingerprint density at radius 2 is 1.67 bits per heavy atom. The molecule has 0 unspecified atom stereocenters. The lowest BCUT2D eigenvalue weighted by molar-refractivity contribution is -0.131. The van der Waals surface area contributed by atoms with Gasteiger partial charge in [-0.2, -0.15) is 0 Å². The van der Waals surface area contributed by atoms with Crippen LogP contribution in [0.4, 0.5) is 15.8 Å². The number of phenolic OH excluding ortho intramolecular Hbond substituents is 1. The number of methoxy groups -OCH3 is 1. The van der Waals surface area contributed by atoms with Gasteiger partial charge in [-0.3, -0.25) is 24.1 Å². The van der Waals surface area contributed by atoms with Gasteiger partial charge in [0.1, 0.15) is 5.82 Å². The van der Waals surface area contributed by atoms with Gasteiger partial charge in [0.15, 0.2) is 11.5 Å². The quantitative estimate of drug-likeness (QED) is 0.193. The smallest absolute Gasteiger partial charge is 0.241 e. The number of anilines is 2. The summed E-state index contributed by atoms with van der Waals surface area (Å²) in [4.78, 5) is 59.0. The largest absolute Gasteiger partial charge is 0.504 e. The number of ether oxygens (including phenoxy) is 1. The van der Waals surface area contributed by atoms with E-state index in [-0.39, 0.29) is 46.9 Å². The van der Waals surface area contributed by atoms with Crippen molar-refractivity contribution in [1.29, 1.82) is 0 Å². The molecule has 4 aliphatic rings. The molecule has 1 N–H and O–H groups in total. The summed E-state index contributed by atoms with van der Waals surface area (Å²) in [6.07, 6.45) is 2.32. The molecule has 6 atom stereocenters. The van der Waals surface area contributed by atoms with Crippen molar-refractivity contribution >= 4 is 69.2 Å². The number of amides is 4. The monoisotopic (exact) mass is 740 g/mol. The lowest BCUT2D eigenvalue weighted by Gasteiger charge is -2.49. The molecule has 3 fully saturated rings. The van der Waals surface area contributed by atoms with E-state index in [2.05, 4.69) is 22.6 Å². The molecule has 8 nitrogen and oxygen atoms in total. The van der Waals surface area contributed by atoms with E-state index >= 15 is 0 Å². The number of nitrogens with zero attached hydrogens (tertiary/aromatic N) is 2. The van der Waals surface area contributed by atoms with Gasteiger partial charge in [-0.05, 0) is 96.8 Å². The molecule has 45 heavy (non-hydrogen) atoms. The van der Waals surface area contributed by atoms with Crippen molar-refractivity contribution in [3.63, 3.8) is 0 Å². The zero-order valence-corrected chi connectivity index (χ0v) is 27.1. The third-order valence-corrected chi connectivity index (χ3v) is 11.1. The van der Waals surface area contributed by atoms with E-state index in [0.717, 1.165) is 20.1 Å². The maximum absolute atomic E-state index is 14.5. The topological polar surface area (TPSA) is 104 Å². The van der Waals surface area contributed by atoms with E-state index < -0.39 is 52.6 Å². The molecule has 4 amide bonds. The maximum atomic E-state index is 14.5. The molecule has 1 saturated carbocycles. The fraction of sp³-hybridized carbons (Fsp3) is 0.294. The molecule has 230 valence electrons. The van der Waals surface area contributed by atoms with Gasteiger partial charge in [-0.15, -0.1) is 0 Å². The Kier molecular flexibility index (Phi) is 7.08. The number of imide groups is 2. The molecule has 3 aromatic carbocycles. The fourth-order valence-electron chi connectivity index (χ4n) is 8.01. The van der Waals surface area contributed by atoms with Gasteiger partial charge >= 0.3 is 0 Å². The number of para-hydroxylation sites is 1. The third kappa shape index (κ3) is 4.21. The fourth-order valence-corrected chi connectivity index (χ4v) is 8.55. The Balaban J connectivity index is 1.39. The van der Waals surface area contributed by atoms with Crippen LogP contribution in [0.1, 0.15) is 31.2 Å². The molecule has 2 aliphatic carbocycles. The van der Waals surface area contributed by atoms with Gasteiger partial charge in [0.2, 0.25) is 23.6 Å². The summed E-state index contributed by atoms with van der Waals surface area (Å²) in [5.74, 6) is -6.04. The van der Waals surface area contributed by atoms with Crippen molar-refractivity contribution in [2.75, 3.05) is 16.9 Å². The number of halogens is 3. The lowest BCUT2D eigenvalue weighted by atomic mass is 9.51. The molecule has 0 aromatic heterocycles. The summed E-state index contributed by atoms with van der Waals surface area (Å²) >= 11 is 8.22. The number of hydrogen-bond acceptors (Lipinski definition) is 6. The maximum Gasteiger partial charge on any atom is 0.241 e. The van der Waals surface area contributed by atoms with Crippen LogP contribution in [-0.2, 0) is 19.2 Å². The standard InChI is InChI=1S/C34H27ClFIN2O6/c1-34-23(31(42)39(33(34)44)18-10-13-25(36)24(35)14-18)15-22-19(28(34)21-4-3-5-26(45-2)29(21)40)11-12-20-27(22)32(43)38(30(20)41)17-8-6-16(37)7-9-17/h3-11,13-14,20,22-23,27-28,40H,12,15H2,1-2H3/t20-,22+,23-,27-,28+,34+/m0/s1. The highest BCUT2D eigenvalue weighted by molar-refractivity contribution is 14.1. The molecule has 0 radical (unpaired) electrons. The van der Waals surface area contributed by atoms with Gasteiger partial charge in [0.05, 0.1) is 46.7 Å². The number of benzene rings is 3. The first-order valence-corrected chi connectivity index (χ1v) is 16.0. The average Bonchev–Trinajstić information content (AvgIpc) is 3.39. The Morgan fingerprint density at radius 3 is 2.36 bits per heavy atom. The minimum atomic E-state index is -1.39. The molecule has 2 saturated heterocycles. The summed E-state index contributed by atoms with van der Waals surface area (Å²) < 4.78 is 20.4. The van der Waals surface area contributed by atoms with Crippen molar-refractivity contribution in [2.24, 2.45) is 29.1 Å². The zero-order valence-electron chi connectivity index (χ0n) is 24.2. The third-order valence-electron chi connectivity index (χ3n) is 10.1. The second kappa shape index (κ2) is 10.7. The number of allylic oxidation sites excluding steroid dienone is 2. The van der Waals surface area contributed by atoms with Crippen molar-refractivity contribution in [2.45, 2.75) is 25.7 Å². The highest BCUT2D eigenvalue weighted by Crippen LogP contribution is 2.65. The van der Waals surface area contributed by atoms with E-state index in [9.17, 15) is 28.7 Å². The van der Waals surface area contributed by atoms with Crippen LogP contribution in [-0.4, -0.2) is 35.8 Å². The molecule has 2 heterocycles. The summed E-state index contributed by atoms with van der Waals surface area (Å²) in [6.45, 7) is 1.70. The molecule has 3 aromatic rings. The molecular formula is C34H27ClFIN2O6. The number of rotatable bonds is 4. The van der Waals surface area contributed by atoms with Gasteiger partial charge in [0.25, 0.3) is 0 Å². The van der Waals surface area contributed by atoms with Crippen LogP contribution in [0.15, 0.2) is 72.3 Å². The van der Waals surface area contributed by atoms with E-state index in [0.29, 0.717) is 11.3 Å². The number of carbonyl (C=O) groups is 4. The first-order chi connectivity index (χ1) is 21.5. The minimum Gasteiger partial charge on any atom is -0.504 e. The number of aromatic hydroxyl groups is 1. The summed E-state index contributed by atoms with van der Waals surface area (Å²) in [5, 5.41) is 11.2. The predicted octanol–water partition coefficient (Wildman–Crippen LogP) is 6.23. The number of hydrogen-bond donors (Lipinski definition) is 1. The first kappa shape index (κ1) is 29.9. The van der Waals surface area contributed by atoms with Gasteiger partial charge in [-0.25, -0.2) is 9.29 Å². The molecule has 7 rings (SSSR count). The highest BCUT2D eigenvalue weighted by atomic mass is 127. The van der Waals surface area contributed by atoms with Crippen LogP contribution in [0, 0.1) is 38.5 Å². The van der Waals surface area contributed by atoms with E-state index in [4.69, 9.17) is 16.3 Å². The van der Waals surface area contributed by atoms with Crippen LogP contribution in [0.25, 0.3) is 0 Å². The van der Waals surface area contributed by atoms with Crippen LogP contribution < -0.4 is 14.5 Å². The Labute approximate surface area is 276 Å². The number of phenols is 1. The Hall–Kier alpha value is -3.77. The Bertz CT molecular complexity index is 1850. The van der Waals surface area contributed by atoms with E-state index in [1.807, 2.05) is 18.2 Å². The number of carbonyl (C=O) groups excluding carboxylic acids is 4. The molecule has 0 bridgehead atoms. The van der Waals surface area contributed by atoms with Crippen LogP contribution in [0.5, 0.6) is 11.5 Å². The Morgan fingerprint density at radius 1 is 0.956 bits per heavy atom. The van der Waals surface area contributed by atoms with Gasteiger partial charge < -0.3 is 9.84 Å². The van der Waals surface area contributed by atoms with E-state index in [1.54, 1.807) is 37.3 Å². The highest BCUT2D eigenvalue weighted by Gasteiger charge is 2.68. The SMILES string of the molecule is COc1cccc([C@H]2C3=CC[C@@H]4C(=O)N(c5ccc(I)cc5)C(=O)[C@@H]4[C@@H]3C[C@H]3C(=O)N(c4ccc(F)c(Cl)c4)C(=O)[C@@]23C)c1O. The molecule has 11 heteroatoms. The minimum absolute atomic E-state index is 0.132. The van der Waals surface area contributed by atoms with Crippen LogP contribution >= 0.6 is 34.2 Å². The lowest BCUT2D eigenvalue weighted by Crippen LogP contribution is -2.48. The number of fused-ring (bicyclic) bond motifs is 4. The summed E-state index contributed by atoms with van der Waals surface area (Å²) in [5.41, 5.74) is 0.327. The first-order valence-electron chi connectivity index (χ1n) is 14.5. The van der Waals surface area contributed by atoms with Crippen molar-refractivity contribution in [1.82, 2.24) is 0 Å².